The third kappa shape index (κ3) is 5.28. The Morgan fingerprint density at radius 3 is 2.48 bits per heavy atom. The van der Waals surface area contributed by atoms with Crippen LogP contribution in [-0.2, 0) is 35.6 Å². The Morgan fingerprint density at radius 1 is 1.03 bits per heavy atom. The molecule has 0 radical (unpaired) electrons. The van der Waals surface area contributed by atoms with Crippen LogP contribution in [0.1, 0.15) is 53.0 Å². The van der Waals surface area contributed by atoms with Gasteiger partial charge in [0.25, 0.3) is 0 Å². The van der Waals surface area contributed by atoms with E-state index >= 15 is 0 Å². The molecule has 4 nitrogen and oxygen atoms in total. The van der Waals surface area contributed by atoms with Gasteiger partial charge in [-0.3, -0.25) is 4.90 Å². The van der Waals surface area contributed by atoms with Gasteiger partial charge in [-0.2, -0.15) is 13.2 Å². The zero-order valence-corrected chi connectivity index (χ0v) is 19.3. The molecule has 2 aliphatic carbocycles. The van der Waals surface area contributed by atoms with Crippen molar-refractivity contribution in [1.82, 2.24) is 9.62 Å². The first kappa shape index (κ1) is 22.9. The lowest BCUT2D eigenvalue weighted by Crippen LogP contribution is -2.47. The zero-order chi connectivity index (χ0) is 23.2. The highest BCUT2D eigenvalue weighted by molar-refractivity contribution is 7.89. The maximum Gasteiger partial charge on any atom is 0.416 e. The minimum Gasteiger partial charge on any atom is -0.299 e. The molecule has 1 heterocycles. The second-order valence-electron chi connectivity index (χ2n) is 9.75. The highest BCUT2D eigenvalue weighted by Gasteiger charge is 2.39. The molecule has 1 saturated carbocycles. The zero-order valence-electron chi connectivity index (χ0n) is 18.4. The van der Waals surface area contributed by atoms with Crippen LogP contribution < -0.4 is 4.72 Å². The minimum absolute atomic E-state index is 0.0896. The largest absolute Gasteiger partial charge is 0.416 e. The number of rotatable bonds is 8. The van der Waals surface area contributed by atoms with Gasteiger partial charge in [-0.05, 0) is 79.4 Å². The lowest BCUT2D eigenvalue weighted by atomic mass is 9.88. The van der Waals surface area contributed by atoms with Gasteiger partial charge in [-0.15, -0.1) is 0 Å². The summed E-state index contributed by atoms with van der Waals surface area (Å²) in [5.74, 6) is 0.566. The van der Waals surface area contributed by atoms with E-state index in [1.165, 1.54) is 17.7 Å². The Balaban J connectivity index is 1.37. The SMILES string of the molecule is O=S(=O)(CC1CC1)NCc1ccc2c(c1)C(Cc1cccc(C(F)(F)F)c1)C(N1CCC1)C2. The van der Waals surface area contributed by atoms with Crippen LogP contribution in [0.2, 0.25) is 0 Å². The van der Waals surface area contributed by atoms with Gasteiger partial charge in [0.1, 0.15) is 0 Å². The van der Waals surface area contributed by atoms with Crippen LogP contribution in [0.5, 0.6) is 0 Å². The summed E-state index contributed by atoms with van der Waals surface area (Å²) in [7, 11) is -3.30. The van der Waals surface area contributed by atoms with Crippen LogP contribution in [-0.4, -0.2) is 38.2 Å². The van der Waals surface area contributed by atoms with Crippen LogP contribution in [0.15, 0.2) is 42.5 Å². The van der Waals surface area contributed by atoms with E-state index in [9.17, 15) is 21.6 Å². The van der Waals surface area contributed by atoms with Gasteiger partial charge in [0.2, 0.25) is 10.0 Å². The minimum atomic E-state index is -4.36. The number of benzene rings is 2. The number of hydrogen-bond acceptors (Lipinski definition) is 3. The lowest BCUT2D eigenvalue weighted by Gasteiger charge is -2.39. The summed E-state index contributed by atoms with van der Waals surface area (Å²) in [4.78, 5) is 2.43. The summed E-state index contributed by atoms with van der Waals surface area (Å²) in [5, 5.41) is 0. The van der Waals surface area contributed by atoms with Crippen molar-refractivity contribution in [3.05, 3.63) is 70.3 Å². The maximum absolute atomic E-state index is 13.2. The van der Waals surface area contributed by atoms with E-state index in [1.54, 1.807) is 6.07 Å². The molecular formula is C25H29F3N2O2S. The van der Waals surface area contributed by atoms with Gasteiger partial charge in [0.15, 0.2) is 0 Å². The average Bonchev–Trinajstić information content (AvgIpc) is 3.46. The fraction of sp³-hybridized carbons (Fsp3) is 0.520. The summed E-state index contributed by atoms with van der Waals surface area (Å²) < 4.78 is 67.0. The van der Waals surface area contributed by atoms with Crippen molar-refractivity contribution in [1.29, 1.82) is 0 Å². The number of hydrogen-bond donors (Lipinski definition) is 1. The summed E-state index contributed by atoms with van der Waals surface area (Å²) in [6.45, 7) is 2.28. The molecule has 0 bridgehead atoms. The van der Waals surface area contributed by atoms with Crippen LogP contribution in [0.25, 0.3) is 0 Å². The highest BCUT2D eigenvalue weighted by atomic mass is 32.2. The Hall–Kier alpha value is -1.90. The van der Waals surface area contributed by atoms with E-state index in [2.05, 4.69) is 21.8 Å². The van der Waals surface area contributed by atoms with Crippen molar-refractivity contribution in [3.63, 3.8) is 0 Å². The number of sulfonamides is 1. The topological polar surface area (TPSA) is 49.4 Å². The predicted octanol–water partition coefficient (Wildman–Crippen LogP) is 4.49. The summed E-state index contributed by atoms with van der Waals surface area (Å²) in [6.07, 6.45) is 0.174. The molecule has 33 heavy (non-hydrogen) atoms. The number of alkyl halides is 3. The smallest absolute Gasteiger partial charge is 0.299 e. The normalized spacial score (nSPS) is 23.4. The number of fused-ring (bicyclic) bond motifs is 1. The molecular weight excluding hydrogens is 449 g/mol. The predicted molar refractivity (Wildman–Crippen MR) is 121 cm³/mol. The van der Waals surface area contributed by atoms with E-state index in [4.69, 9.17) is 0 Å². The van der Waals surface area contributed by atoms with E-state index in [0.717, 1.165) is 56.0 Å². The van der Waals surface area contributed by atoms with Gasteiger partial charge in [0.05, 0.1) is 11.3 Å². The van der Waals surface area contributed by atoms with E-state index in [1.807, 2.05) is 6.07 Å². The number of nitrogens with one attached hydrogen (secondary N) is 1. The quantitative estimate of drug-likeness (QED) is 0.608. The molecule has 2 unspecified atom stereocenters. The third-order valence-electron chi connectivity index (χ3n) is 7.22. The van der Waals surface area contributed by atoms with Crippen molar-refractivity contribution in [2.24, 2.45) is 5.92 Å². The molecule has 2 atom stereocenters. The second kappa shape index (κ2) is 8.71. The molecule has 2 aromatic rings. The van der Waals surface area contributed by atoms with Gasteiger partial charge in [-0.1, -0.05) is 36.4 Å². The van der Waals surface area contributed by atoms with Crippen molar-refractivity contribution in [3.8, 4) is 0 Å². The molecule has 2 aromatic carbocycles. The number of nitrogens with zero attached hydrogens (tertiary/aromatic N) is 1. The Labute approximate surface area is 193 Å². The molecule has 3 aliphatic rings. The molecule has 0 aromatic heterocycles. The standard InChI is InChI=1S/C25H29F3N2O2S/c26-25(27,28)21-4-1-3-18(11-21)12-23-22-13-19(15-29-33(31,32)16-17-5-6-17)7-8-20(22)14-24(23)30-9-2-10-30/h1,3-4,7-8,11,13,17,23-24,29H,2,5-6,9-10,12,14-16H2. The van der Waals surface area contributed by atoms with E-state index in [-0.39, 0.29) is 30.2 Å². The number of halogens is 3. The van der Waals surface area contributed by atoms with Gasteiger partial charge in [-0.25, -0.2) is 13.1 Å². The van der Waals surface area contributed by atoms with E-state index in [0.29, 0.717) is 12.0 Å². The first-order valence-corrected chi connectivity index (χ1v) is 13.3. The molecule has 0 spiro atoms. The monoisotopic (exact) mass is 478 g/mol. The summed E-state index contributed by atoms with van der Waals surface area (Å²) >= 11 is 0. The van der Waals surface area contributed by atoms with Crippen molar-refractivity contribution >= 4 is 10.0 Å². The fourth-order valence-electron chi connectivity index (χ4n) is 5.14. The van der Waals surface area contributed by atoms with Crippen molar-refractivity contribution < 1.29 is 21.6 Å². The Kier molecular flexibility index (Phi) is 6.04. The molecule has 5 rings (SSSR count). The maximum atomic E-state index is 13.2. The van der Waals surface area contributed by atoms with Gasteiger partial charge < -0.3 is 0 Å². The molecule has 8 heteroatoms. The molecule has 1 saturated heterocycles. The summed E-state index contributed by atoms with van der Waals surface area (Å²) in [5.41, 5.74) is 3.32. The first-order chi connectivity index (χ1) is 15.7. The fourth-order valence-corrected chi connectivity index (χ4v) is 6.60. The molecule has 1 N–H and O–H groups in total. The van der Waals surface area contributed by atoms with Crippen LogP contribution >= 0.6 is 0 Å². The lowest BCUT2D eigenvalue weighted by molar-refractivity contribution is -0.137. The Bertz CT molecular complexity index is 1120. The molecule has 0 amide bonds. The van der Waals surface area contributed by atoms with Gasteiger partial charge >= 0.3 is 6.18 Å². The second-order valence-corrected chi connectivity index (χ2v) is 11.6. The van der Waals surface area contributed by atoms with Crippen molar-refractivity contribution in [2.75, 3.05) is 18.8 Å². The number of likely N-dealkylation sites (tertiary alicyclic amines) is 1. The van der Waals surface area contributed by atoms with E-state index < -0.39 is 21.8 Å². The molecule has 1 aliphatic heterocycles. The van der Waals surface area contributed by atoms with Crippen LogP contribution in [0.4, 0.5) is 13.2 Å². The van der Waals surface area contributed by atoms with Crippen LogP contribution in [0.3, 0.4) is 0 Å². The summed E-state index contributed by atoms with van der Waals surface area (Å²) in [6, 6.07) is 12.0. The van der Waals surface area contributed by atoms with Crippen molar-refractivity contribution in [2.45, 2.75) is 56.8 Å². The first-order valence-electron chi connectivity index (χ1n) is 11.7. The average molecular weight is 479 g/mol. The molecule has 2 fully saturated rings. The Morgan fingerprint density at radius 2 is 1.82 bits per heavy atom. The van der Waals surface area contributed by atoms with Crippen LogP contribution in [0, 0.1) is 5.92 Å². The third-order valence-corrected chi connectivity index (χ3v) is 8.72. The highest BCUT2D eigenvalue weighted by Crippen LogP contribution is 2.41. The van der Waals surface area contributed by atoms with Gasteiger partial charge in [0, 0.05) is 18.5 Å². The molecule has 178 valence electrons.